The standard InChI is InChI=1S/C17H12O6.C8H16N2O3/c1-20-10-6-11-14(8-4-5-21-17(8)22-11)15-13(10)7-2-3-9(18)12(7)16(19)23-15;1-6(11)10-7(8(12)13)4-2-3-5-9/h4-6,8,17H,2-3H2,1H3;7H,2-5,9H2,1H3,(H,10,11)(H,12,13). The largest absolute Gasteiger partial charge is 0.496 e. The maximum absolute atomic E-state index is 12.3. The molecule has 11 nitrogen and oxygen atoms in total. The molecule has 1 aromatic heterocycles. The average molecular weight is 501 g/mol. The Morgan fingerprint density at radius 1 is 1.28 bits per heavy atom. The lowest BCUT2D eigenvalue weighted by molar-refractivity contribution is -0.141. The minimum atomic E-state index is -0.993. The van der Waals surface area contributed by atoms with Crippen molar-refractivity contribution in [1.82, 2.24) is 5.32 Å². The number of nitrogens with one attached hydrogen (secondary N) is 1. The molecule has 0 saturated carbocycles. The molecule has 3 heterocycles. The van der Waals surface area contributed by atoms with Crippen LogP contribution in [0, 0.1) is 0 Å². The number of nitrogens with two attached hydrogens (primary N) is 1. The SMILES string of the molecule is CC(=O)NC(CCCCN)C(=O)O.COc1cc2c(c3oc(=O)c4c(c13)CCC4=O)C1C=COC1O2. The van der Waals surface area contributed by atoms with E-state index in [4.69, 9.17) is 29.5 Å². The van der Waals surface area contributed by atoms with E-state index in [1.807, 2.05) is 6.08 Å². The van der Waals surface area contributed by atoms with Gasteiger partial charge in [-0.2, -0.15) is 0 Å². The van der Waals surface area contributed by atoms with Gasteiger partial charge in [0.25, 0.3) is 6.29 Å². The zero-order valence-corrected chi connectivity index (χ0v) is 20.0. The van der Waals surface area contributed by atoms with Crippen LogP contribution in [0.2, 0.25) is 0 Å². The highest BCUT2D eigenvalue weighted by Crippen LogP contribution is 2.50. The number of fused-ring (bicyclic) bond motifs is 7. The van der Waals surface area contributed by atoms with E-state index in [9.17, 15) is 19.2 Å². The Hall–Kier alpha value is -3.86. The first-order chi connectivity index (χ1) is 17.3. The van der Waals surface area contributed by atoms with Crippen LogP contribution in [0.15, 0.2) is 27.6 Å². The molecule has 0 spiro atoms. The first-order valence-corrected chi connectivity index (χ1v) is 11.7. The van der Waals surface area contributed by atoms with Gasteiger partial charge in [-0.3, -0.25) is 9.59 Å². The molecule has 3 atom stereocenters. The van der Waals surface area contributed by atoms with Crippen LogP contribution < -0.4 is 26.1 Å². The number of methoxy groups -OCH3 is 1. The molecule has 0 bridgehead atoms. The summed E-state index contributed by atoms with van der Waals surface area (Å²) in [4.78, 5) is 45.5. The lowest BCUT2D eigenvalue weighted by atomic mass is 9.95. The smallest absolute Gasteiger partial charge is 0.347 e. The van der Waals surface area contributed by atoms with Gasteiger partial charge in [0, 0.05) is 19.4 Å². The van der Waals surface area contributed by atoms with Crippen molar-refractivity contribution in [2.75, 3.05) is 13.7 Å². The molecular weight excluding hydrogens is 472 g/mol. The molecule has 4 N–H and O–H groups in total. The third-order valence-corrected chi connectivity index (χ3v) is 6.34. The summed E-state index contributed by atoms with van der Waals surface area (Å²) in [5.74, 6) is -0.487. The van der Waals surface area contributed by atoms with Crippen LogP contribution in [-0.2, 0) is 20.7 Å². The predicted molar refractivity (Wildman–Crippen MR) is 127 cm³/mol. The van der Waals surface area contributed by atoms with Crippen molar-refractivity contribution in [2.24, 2.45) is 5.73 Å². The van der Waals surface area contributed by atoms with E-state index in [-0.39, 0.29) is 23.2 Å². The van der Waals surface area contributed by atoms with Crippen molar-refractivity contribution >= 4 is 28.6 Å². The molecule has 11 heteroatoms. The number of hydrogen-bond donors (Lipinski definition) is 3. The number of carbonyl (C=O) groups excluding carboxylic acids is 2. The van der Waals surface area contributed by atoms with Crippen molar-refractivity contribution in [1.29, 1.82) is 0 Å². The molecule has 36 heavy (non-hydrogen) atoms. The third kappa shape index (κ3) is 4.66. The average Bonchev–Trinajstić information content (AvgIpc) is 3.52. The maximum Gasteiger partial charge on any atom is 0.347 e. The second-order valence-corrected chi connectivity index (χ2v) is 8.71. The van der Waals surface area contributed by atoms with Crippen molar-refractivity contribution in [2.45, 2.75) is 57.3 Å². The van der Waals surface area contributed by atoms with E-state index in [1.165, 1.54) is 6.92 Å². The number of carboxylic acid groups (broad SMARTS) is 1. The number of Topliss-reactive ketones (excluding diaryl/α,β-unsaturated/α-hetero) is 1. The van der Waals surface area contributed by atoms with Gasteiger partial charge in [0.1, 0.15) is 28.7 Å². The van der Waals surface area contributed by atoms with Gasteiger partial charge in [-0.15, -0.1) is 0 Å². The van der Waals surface area contributed by atoms with Gasteiger partial charge in [-0.1, -0.05) is 0 Å². The molecule has 5 rings (SSSR count). The first kappa shape index (κ1) is 25.2. The topological polar surface area (TPSA) is 167 Å². The maximum atomic E-state index is 12.3. The van der Waals surface area contributed by atoms with Crippen molar-refractivity contribution in [3.63, 3.8) is 0 Å². The van der Waals surface area contributed by atoms with Crippen molar-refractivity contribution < 1.29 is 38.1 Å². The lowest BCUT2D eigenvalue weighted by Gasteiger charge is -2.12. The fourth-order valence-electron chi connectivity index (χ4n) is 4.72. The summed E-state index contributed by atoms with van der Waals surface area (Å²) in [6, 6.07) is 1.00. The Kier molecular flexibility index (Phi) is 7.30. The minimum absolute atomic E-state index is 0.128. The van der Waals surface area contributed by atoms with Crippen LogP contribution in [0.25, 0.3) is 11.0 Å². The van der Waals surface area contributed by atoms with Gasteiger partial charge >= 0.3 is 11.6 Å². The highest BCUT2D eigenvalue weighted by molar-refractivity contribution is 6.06. The molecule has 1 aliphatic carbocycles. The quantitative estimate of drug-likeness (QED) is 0.378. The van der Waals surface area contributed by atoms with Crippen LogP contribution in [0.5, 0.6) is 11.5 Å². The van der Waals surface area contributed by atoms with Gasteiger partial charge < -0.3 is 34.8 Å². The number of unbranched alkanes of at least 4 members (excludes halogenated alkanes) is 1. The van der Waals surface area contributed by atoms with E-state index < -0.39 is 23.9 Å². The Labute approximate surface area is 206 Å². The molecular formula is C25H28N2O9. The monoisotopic (exact) mass is 500 g/mol. The summed E-state index contributed by atoms with van der Waals surface area (Å²) in [6.45, 7) is 1.85. The van der Waals surface area contributed by atoms with Crippen molar-refractivity contribution in [3.8, 4) is 11.5 Å². The zero-order chi connectivity index (χ0) is 26.0. The van der Waals surface area contributed by atoms with E-state index in [2.05, 4.69) is 5.32 Å². The second-order valence-electron chi connectivity index (χ2n) is 8.71. The molecule has 2 aliphatic heterocycles. The Morgan fingerprint density at radius 3 is 2.72 bits per heavy atom. The highest BCUT2D eigenvalue weighted by Gasteiger charge is 2.41. The molecule has 0 fully saturated rings. The Bertz CT molecular complexity index is 1300. The number of amides is 1. The first-order valence-electron chi connectivity index (χ1n) is 11.7. The van der Waals surface area contributed by atoms with Crippen LogP contribution in [0.3, 0.4) is 0 Å². The Balaban J connectivity index is 0.000000203. The minimum Gasteiger partial charge on any atom is -0.496 e. The number of benzene rings is 1. The molecule has 0 radical (unpaired) electrons. The van der Waals surface area contributed by atoms with Gasteiger partial charge in [-0.25, -0.2) is 9.59 Å². The fourth-order valence-corrected chi connectivity index (χ4v) is 4.72. The molecule has 0 saturated heterocycles. The lowest BCUT2D eigenvalue weighted by Crippen LogP contribution is -2.39. The molecule has 1 aromatic carbocycles. The number of carbonyl (C=O) groups is 3. The van der Waals surface area contributed by atoms with Crippen LogP contribution >= 0.6 is 0 Å². The summed E-state index contributed by atoms with van der Waals surface area (Å²) in [6.07, 6.45) is 5.80. The molecule has 192 valence electrons. The van der Waals surface area contributed by atoms with Gasteiger partial charge in [0.05, 0.1) is 30.2 Å². The van der Waals surface area contributed by atoms with E-state index in [0.29, 0.717) is 60.3 Å². The normalized spacial score (nSPS) is 19.4. The Morgan fingerprint density at radius 2 is 2.06 bits per heavy atom. The summed E-state index contributed by atoms with van der Waals surface area (Å²) in [7, 11) is 1.54. The zero-order valence-electron chi connectivity index (χ0n) is 20.0. The number of aryl methyl sites for hydroxylation is 1. The number of rotatable bonds is 7. The summed E-state index contributed by atoms with van der Waals surface area (Å²) in [5, 5.41) is 11.7. The number of carboxylic acids is 1. The summed E-state index contributed by atoms with van der Waals surface area (Å²) in [5.41, 5.74) is 6.75. The van der Waals surface area contributed by atoms with Crippen LogP contribution in [-0.4, -0.2) is 48.8 Å². The molecule has 3 aliphatic rings. The van der Waals surface area contributed by atoms with Gasteiger partial charge in [0.15, 0.2) is 5.78 Å². The van der Waals surface area contributed by atoms with Crippen LogP contribution in [0.4, 0.5) is 0 Å². The molecule has 1 amide bonds. The van der Waals surface area contributed by atoms with E-state index in [0.717, 1.165) is 12.0 Å². The third-order valence-electron chi connectivity index (χ3n) is 6.34. The van der Waals surface area contributed by atoms with E-state index >= 15 is 0 Å². The fraction of sp³-hybridized carbons (Fsp3) is 0.440. The highest BCUT2D eigenvalue weighted by atomic mass is 16.7. The summed E-state index contributed by atoms with van der Waals surface area (Å²) < 4.78 is 22.2. The number of hydrogen-bond acceptors (Lipinski definition) is 9. The van der Waals surface area contributed by atoms with E-state index in [1.54, 1.807) is 19.4 Å². The number of ketones is 1. The molecule has 2 aromatic rings. The predicted octanol–water partition coefficient (Wildman–Crippen LogP) is 1.98. The van der Waals surface area contributed by atoms with Gasteiger partial charge in [-0.05, 0) is 43.9 Å². The number of ether oxygens (including phenoxy) is 3. The second kappa shape index (κ2) is 10.4. The summed E-state index contributed by atoms with van der Waals surface area (Å²) >= 11 is 0. The van der Waals surface area contributed by atoms with Crippen molar-refractivity contribution in [3.05, 3.63) is 45.5 Å². The number of aliphatic carboxylic acids is 1. The van der Waals surface area contributed by atoms with Gasteiger partial charge in [0.2, 0.25) is 5.91 Å². The molecule has 3 unspecified atom stereocenters. The van der Waals surface area contributed by atoms with Crippen LogP contribution in [0.1, 0.15) is 60.0 Å².